The summed E-state index contributed by atoms with van der Waals surface area (Å²) in [5.74, 6) is -0.211. The average Bonchev–Trinajstić information content (AvgIpc) is 2.24. The number of carbonyl (C=O) groups is 2. The molecular formula is C11H22N2O3. The number of ether oxygens (including phenoxy) is 1. The van der Waals surface area contributed by atoms with Crippen LogP contribution in [0.15, 0.2) is 0 Å². The molecule has 0 aromatic heterocycles. The molecule has 0 heterocycles. The lowest BCUT2D eigenvalue weighted by Gasteiger charge is -2.17. The summed E-state index contributed by atoms with van der Waals surface area (Å²) in [6, 6.07) is -0.0479. The van der Waals surface area contributed by atoms with Crippen LogP contribution in [-0.4, -0.2) is 49.6 Å². The zero-order valence-electron chi connectivity index (χ0n) is 10.6. The summed E-state index contributed by atoms with van der Waals surface area (Å²) in [5.41, 5.74) is 0. The van der Waals surface area contributed by atoms with Gasteiger partial charge in [-0.05, 0) is 20.8 Å². The van der Waals surface area contributed by atoms with E-state index in [0.29, 0.717) is 13.2 Å². The van der Waals surface area contributed by atoms with Crippen molar-refractivity contribution in [3.8, 4) is 0 Å². The van der Waals surface area contributed by atoms with Gasteiger partial charge in [-0.15, -0.1) is 0 Å². The van der Waals surface area contributed by atoms with Gasteiger partial charge < -0.3 is 15.0 Å². The van der Waals surface area contributed by atoms with Crippen molar-refractivity contribution >= 4 is 11.9 Å². The third-order valence-corrected chi connectivity index (χ3v) is 2.28. The first-order valence-electron chi connectivity index (χ1n) is 5.64. The van der Waals surface area contributed by atoms with Crippen molar-refractivity contribution in [1.29, 1.82) is 0 Å². The minimum atomic E-state index is -0.237. The summed E-state index contributed by atoms with van der Waals surface area (Å²) in [4.78, 5) is 24.2. The molecule has 1 N–H and O–H groups in total. The number of esters is 1. The Kier molecular flexibility index (Phi) is 7.54. The lowest BCUT2D eigenvalue weighted by Crippen LogP contribution is -2.39. The summed E-state index contributed by atoms with van der Waals surface area (Å²) >= 11 is 0. The molecule has 1 atom stereocenters. The first kappa shape index (κ1) is 14.9. The van der Waals surface area contributed by atoms with E-state index in [0.717, 1.165) is 0 Å². The molecule has 0 rings (SSSR count). The highest BCUT2D eigenvalue weighted by Gasteiger charge is 2.12. The SMILES string of the molecule is CCOC(=O)CC(C)NCC(=O)N(C)CC. The van der Waals surface area contributed by atoms with E-state index in [-0.39, 0.29) is 30.9 Å². The molecule has 16 heavy (non-hydrogen) atoms. The molecule has 0 bridgehead atoms. The molecule has 0 radical (unpaired) electrons. The Morgan fingerprint density at radius 2 is 2.00 bits per heavy atom. The van der Waals surface area contributed by atoms with Crippen molar-refractivity contribution in [2.75, 3.05) is 26.7 Å². The van der Waals surface area contributed by atoms with E-state index in [1.807, 2.05) is 13.8 Å². The molecule has 5 nitrogen and oxygen atoms in total. The van der Waals surface area contributed by atoms with Gasteiger partial charge in [0.1, 0.15) is 0 Å². The third kappa shape index (κ3) is 6.40. The van der Waals surface area contributed by atoms with Crippen molar-refractivity contribution in [2.45, 2.75) is 33.2 Å². The van der Waals surface area contributed by atoms with Crippen LogP contribution < -0.4 is 5.32 Å². The van der Waals surface area contributed by atoms with Crippen LogP contribution >= 0.6 is 0 Å². The number of hydrogen-bond acceptors (Lipinski definition) is 4. The molecule has 1 amide bonds. The molecule has 0 aliphatic carbocycles. The highest BCUT2D eigenvalue weighted by atomic mass is 16.5. The second-order valence-electron chi connectivity index (χ2n) is 3.70. The van der Waals surface area contributed by atoms with Crippen LogP contribution in [0.25, 0.3) is 0 Å². The fourth-order valence-electron chi connectivity index (χ4n) is 1.11. The van der Waals surface area contributed by atoms with Crippen LogP contribution in [0.2, 0.25) is 0 Å². The zero-order chi connectivity index (χ0) is 12.6. The predicted molar refractivity (Wildman–Crippen MR) is 62.0 cm³/mol. The van der Waals surface area contributed by atoms with Gasteiger partial charge in [0.15, 0.2) is 0 Å². The van der Waals surface area contributed by atoms with E-state index in [1.54, 1.807) is 18.9 Å². The Balaban J connectivity index is 3.76. The fourth-order valence-corrected chi connectivity index (χ4v) is 1.11. The van der Waals surface area contributed by atoms with E-state index in [4.69, 9.17) is 4.74 Å². The van der Waals surface area contributed by atoms with Gasteiger partial charge in [0, 0.05) is 19.6 Å². The molecule has 5 heteroatoms. The smallest absolute Gasteiger partial charge is 0.307 e. The minimum Gasteiger partial charge on any atom is -0.466 e. The van der Waals surface area contributed by atoms with Gasteiger partial charge in [-0.3, -0.25) is 9.59 Å². The quantitative estimate of drug-likeness (QED) is 0.643. The number of amides is 1. The number of carbonyl (C=O) groups excluding carboxylic acids is 2. The highest BCUT2D eigenvalue weighted by molar-refractivity contribution is 5.78. The maximum atomic E-state index is 11.4. The van der Waals surface area contributed by atoms with E-state index in [2.05, 4.69) is 5.32 Å². The van der Waals surface area contributed by atoms with E-state index >= 15 is 0 Å². The number of likely N-dealkylation sites (N-methyl/N-ethyl adjacent to an activating group) is 1. The van der Waals surface area contributed by atoms with Gasteiger partial charge >= 0.3 is 5.97 Å². The molecule has 0 saturated heterocycles. The second-order valence-corrected chi connectivity index (χ2v) is 3.70. The maximum Gasteiger partial charge on any atom is 0.307 e. The third-order valence-electron chi connectivity index (χ3n) is 2.28. The van der Waals surface area contributed by atoms with Gasteiger partial charge in [0.05, 0.1) is 19.6 Å². The lowest BCUT2D eigenvalue weighted by molar-refractivity contribution is -0.143. The number of nitrogens with zero attached hydrogens (tertiary/aromatic N) is 1. The largest absolute Gasteiger partial charge is 0.466 e. The predicted octanol–water partition coefficient (Wildman–Crippen LogP) is 0.396. The summed E-state index contributed by atoms with van der Waals surface area (Å²) in [7, 11) is 1.75. The maximum absolute atomic E-state index is 11.4. The summed E-state index contributed by atoms with van der Waals surface area (Å²) in [6.45, 7) is 6.88. The molecule has 0 spiro atoms. The van der Waals surface area contributed by atoms with Crippen molar-refractivity contribution < 1.29 is 14.3 Å². The van der Waals surface area contributed by atoms with Crippen molar-refractivity contribution in [2.24, 2.45) is 0 Å². The van der Waals surface area contributed by atoms with Gasteiger partial charge in [-0.25, -0.2) is 0 Å². The lowest BCUT2D eigenvalue weighted by atomic mass is 10.2. The normalized spacial score (nSPS) is 12.0. The number of hydrogen-bond donors (Lipinski definition) is 1. The van der Waals surface area contributed by atoms with Gasteiger partial charge in [-0.1, -0.05) is 0 Å². The van der Waals surface area contributed by atoms with Crippen LogP contribution in [0.1, 0.15) is 27.2 Å². The number of rotatable bonds is 7. The molecule has 0 saturated carbocycles. The highest BCUT2D eigenvalue weighted by Crippen LogP contribution is 1.94. The van der Waals surface area contributed by atoms with Gasteiger partial charge in [-0.2, -0.15) is 0 Å². The van der Waals surface area contributed by atoms with Crippen LogP contribution in [0.4, 0.5) is 0 Å². The first-order chi connectivity index (χ1) is 7.51. The van der Waals surface area contributed by atoms with Crippen molar-refractivity contribution in [1.82, 2.24) is 10.2 Å². The molecule has 0 aromatic carbocycles. The molecule has 0 aliphatic rings. The Hall–Kier alpha value is -1.10. The Morgan fingerprint density at radius 3 is 2.50 bits per heavy atom. The number of nitrogens with one attached hydrogen (secondary N) is 1. The molecule has 0 aliphatic heterocycles. The molecule has 0 aromatic rings. The summed E-state index contributed by atoms with van der Waals surface area (Å²) in [6.07, 6.45) is 0.289. The van der Waals surface area contributed by atoms with Gasteiger partial charge in [0.2, 0.25) is 5.91 Å². The van der Waals surface area contributed by atoms with E-state index < -0.39 is 0 Å². The summed E-state index contributed by atoms with van der Waals surface area (Å²) in [5, 5.41) is 2.99. The van der Waals surface area contributed by atoms with E-state index in [9.17, 15) is 9.59 Å². The molecule has 1 unspecified atom stereocenters. The van der Waals surface area contributed by atoms with Crippen LogP contribution in [0.5, 0.6) is 0 Å². The Bertz CT molecular complexity index is 231. The molecular weight excluding hydrogens is 208 g/mol. The monoisotopic (exact) mass is 230 g/mol. The fraction of sp³-hybridized carbons (Fsp3) is 0.818. The summed E-state index contributed by atoms with van der Waals surface area (Å²) < 4.78 is 4.81. The Morgan fingerprint density at radius 1 is 1.38 bits per heavy atom. The topological polar surface area (TPSA) is 58.6 Å². The standard InChI is InChI=1S/C11H22N2O3/c1-5-13(4)10(14)8-12-9(3)7-11(15)16-6-2/h9,12H,5-8H2,1-4H3. The second kappa shape index (κ2) is 8.10. The van der Waals surface area contributed by atoms with Crippen molar-refractivity contribution in [3.63, 3.8) is 0 Å². The van der Waals surface area contributed by atoms with Crippen LogP contribution in [0.3, 0.4) is 0 Å². The van der Waals surface area contributed by atoms with Gasteiger partial charge in [0.25, 0.3) is 0 Å². The van der Waals surface area contributed by atoms with Crippen LogP contribution in [0, 0.1) is 0 Å². The Labute approximate surface area is 97.1 Å². The average molecular weight is 230 g/mol. The molecule has 94 valence electrons. The van der Waals surface area contributed by atoms with E-state index in [1.165, 1.54) is 0 Å². The zero-order valence-corrected chi connectivity index (χ0v) is 10.6. The van der Waals surface area contributed by atoms with Crippen molar-refractivity contribution in [3.05, 3.63) is 0 Å². The minimum absolute atomic E-state index is 0.0261. The first-order valence-corrected chi connectivity index (χ1v) is 5.64. The molecule has 0 fully saturated rings. The van der Waals surface area contributed by atoms with Crippen LogP contribution in [-0.2, 0) is 14.3 Å².